The third-order valence-corrected chi connectivity index (χ3v) is 5.05. The van der Waals surface area contributed by atoms with E-state index >= 15 is 0 Å². The van der Waals surface area contributed by atoms with Crippen LogP contribution in [0.15, 0.2) is 30.3 Å². The van der Waals surface area contributed by atoms with Crippen LogP contribution >= 0.6 is 0 Å². The average molecular weight is 272 g/mol. The van der Waals surface area contributed by atoms with E-state index in [-0.39, 0.29) is 0 Å². The second-order valence-corrected chi connectivity index (χ2v) is 6.64. The number of hydrogen-bond acceptors (Lipinski definition) is 2. The fourth-order valence-electron chi connectivity index (χ4n) is 3.76. The monoisotopic (exact) mass is 272 g/mol. The van der Waals surface area contributed by atoms with Crippen molar-refractivity contribution in [1.29, 1.82) is 0 Å². The Kier molecular flexibility index (Phi) is 4.42. The van der Waals surface area contributed by atoms with Crippen molar-refractivity contribution in [3.8, 4) is 0 Å². The van der Waals surface area contributed by atoms with Crippen LogP contribution < -0.4 is 5.32 Å². The number of likely N-dealkylation sites (tertiary alicyclic amines) is 1. The van der Waals surface area contributed by atoms with Crippen LogP contribution in [0.25, 0.3) is 0 Å². The van der Waals surface area contributed by atoms with Gasteiger partial charge in [-0.15, -0.1) is 0 Å². The average Bonchev–Trinajstić information content (AvgIpc) is 3.27. The first-order valence-corrected chi connectivity index (χ1v) is 8.32. The number of piperidine rings is 1. The zero-order chi connectivity index (χ0) is 13.9. The van der Waals surface area contributed by atoms with Gasteiger partial charge in [0.25, 0.3) is 0 Å². The van der Waals surface area contributed by atoms with Crippen molar-refractivity contribution in [1.82, 2.24) is 10.2 Å². The minimum atomic E-state index is 0.736. The van der Waals surface area contributed by atoms with E-state index in [0.29, 0.717) is 0 Å². The Hall–Kier alpha value is -0.860. The molecule has 4 unspecified atom stereocenters. The first-order valence-electron chi connectivity index (χ1n) is 8.32. The standard InChI is InChI=1S/C18H28N2/c1-3-10-19-17-9-11-20(13-14(17)2)18-12-16(18)15-7-5-4-6-8-15/h4-8,14,16-19H,3,9-13H2,1-2H3. The summed E-state index contributed by atoms with van der Waals surface area (Å²) in [5, 5.41) is 3.72. The summed E-state index contributed by atoms with van der Waals surface area (Å²) in [7, 11) is 0. The second kappa shape index (κ2) is 6.28. The predicted octanol–water partition coefficient (Wildman–Crippen LogP) is 3.25. The molecule has 0 amide bonds. The first kappa shape index (κ1) is 14.1. The molecule has 2 nitrogen and oxygen atoms in total. The Morgan fingerprint density at radius 1 is 1.25 bits per heavy atom. The van der Waals surface area contributed by atoms with Gasteiger partial charge in [0.05, 0.1) is 0 Å². The fourth-order valence-corrected chi connectivity index (χ4v) is 3.76. The maximum atomic E-state index is 3.72. The number of rotatable bonds is 5. The lowest BCUT2D eigenvalue weighted by Gasteiger charge is -2.38. The molecule has 0 aromatic heterocycles. The molecule has 0 bridgehead atoms. The van der Waals surface area contributed by atoms with Gasteiger partial charge < -0.3 is 5.32 Å². The number of hydrogen-bond donors (Lipinski definition) is 1. The van der Waals surface area contributed by atoms with Crippen LogP contribution in [0.3, 0.4) is 0 Å². The molecule has 20 heavy (non-hydrogen) atoms. The molecular weight excluding hydrogens is 244 g/mol. The molecule has 1 aromatic rings. The van der Waals surface area contributed by atoms with E-state index in [1.807, 2.05) is 0 Å². The van der Waals surface area contributed by atoms with Crippen molar-refractivity contribution in [3.63, 3.8) is 0 Å². The van der Waals surface area contributed by atoms with E-state index in [1.165, 1.54) is 44.5 Å². The van der Waals surface area contributed by atoms with Crippen molar-refractivity contribution in [2.24, 2.45) is 5.92 Å². The second-order valence-electron chi connectivity index (χ2n) is 6.64. The lowest BCUT2D eigenvalue weighted by atomic mass is 9.93. The molecule has 3 rings (SSSR count). The molecule has 0 radical (unpaired) electrons. The van der Waals surface area contributed by atoms with Gasteiger partial charge in [-0.2, -0.15) is 0 Å². The molecule has 1 aliphatic carbocycles. The maximum absolute atomic E-state index is 3.72. The highest BCUT2D eigenvalue weighted by molar-refractivity contribution is 5.28. The van der Waals surface area contributed by atoms with E-state index in [4.69, 9.17) is 0 Å². The summed E-state index contributed by atoms with van der Waals surface area (Å²) in [6.45, 7) is 8.39. The van der Waals surface area contributed by atoms with Gasteiger partial charge in [-0.3, -0.25) is 4.90 Å². The Morgan fingerprint density at radius 2 is 2.05 bits per heavy atom. The van der Waals surface area contributed by atoms with E-state index in [2.05, 4.69) is 54.4 Å². The van der Waals surface area contributed by atoms with Crippen LogP contribution in [0, 0.1) is 5.92 Å². The molecule has 1 saturated heterocycles. The molecule has 1 aliphatic heterocycles. The Morgan fingerprint density at radius 3 is 2.75 bits per heavy atom. The molecule has 1 saturated carbocycles. The van der Waals surface area contributed by atoms with E-state index in [1.54, 1.807) is 0 Å². The van der Waals surface area contributed by atoms with Crippen molar-refractivity contribution >= 4 is 0 Å². The smallest absolute Gasteiger partial charge is 0.0171 e. The van der Waals surface area contributed by atoms with Crippen molar-refractivity contribution < 1.29 is 0 Å². The summed E-state index contributed by atoms with van der Waals surface area (Å²) >= 11 is 0. The quantitative estimate of drug-likeness (QED) is 0.885. The largest absolute Gasteiger partial charge is 0.314 e. The lowest BCUT2D eigenvalue weighted by molar-refractivity contribution is 0.138. The zero-order valence-corrected chi connectivity index (χ0v) is 12.9. The first-order chi connectivity index (χ1) is 9.79. The topological polar surface area (TPSA) is 15.3 Å². The van der Waals surface area contributed by atoms with Gasteiger partial charge >= 0.3 is 0 Å². The maximum Gasteiger partial charge on any atom is 0.0171 e. The van der Waals surface area contributed by atoms with Gasteiger partial charge in [-0.1, -0.05) is 44.2 Å². The van der Waals surface area contributed by atoms with Gasteiger partial charge in [-0.05, 0) is 43.8 Å². The summed E-state index contributed by atoms with van der Waals surface area (Å²) in [5.74, 6) is 1.58. The molecular formula is C18H28N2. The van der Waals surface area contributed by atoms with Crippen LogP contribution in [0.2, 0.25) is 0 Å². The summed E-state index contributed by atoms with van der Waals surface area (Å²) in [6, 6.07) is 12.6. The van der Waals surface area contributed by atoms with Crippen LogP contribution in [0.4, 0.5) is 0 Å². The number of nitrogens with one attached hydrogen (secondary N) is 1. The van der Waals surface area contributed by atoms with Gasteiger partial charge in [0, 0.05) is 24.5 Å². The van der Waals surface area contributed by atoms with E-state index < -0.39 is 0 Å². The highest BCUT2D eigenvalue weighted by Crippen LogP contribution is 2.45. The Balaban J connectivity index is 1.52. The minimum absolute atomic E-state index is 0.736. The van der Waals surface area contributed by atoms with Crippen molar-refractivity contribution in [2.45, 2.75) is 51.1 Å². The fraction of sp³-hybridized carbons (Fsp3) is 0.667. The highest BCUT2D eigenvalue weighted by atomic mass is 15.2. The number of nitrogens with zero attached hydrogens (tertiary/aromatic N) is 1. The predicted molar refractivity (Wildman–Crippen MR) is 85.0 cm³/mol. The van der Waals surface area contributed by atoms with Crippen LogP contribution in [-0.2, 0) is 0 Å². The highest BCUT2D eigenvalue weighted by Gasteiger charge is 2.44. The van der Waals surface area contributed by atoms with Gasteiger partial charge in [-0.25, -0.2) is 0 Å². The lowest BCUT2D eigenvalue weighted by Crippen LogP contribution is -2.49. The number of benzene rings is 1. The van der Waals surface area contributed by atoms with Crippen molar-refractivity contribution in [2.75, 3.05) is 19.6 Å². The zero-order valence-electron chi connectivity index (χ0n) is 12.9. The molecule has 2 fully saturated rings. The summed E-state index contributed by atoms with van der Waals surface area (Å²) < 4.78 is 0. The molecule has 2 aliphatic rings. The summed E-state index contributed by atoms with van der Waals surface area (Å²) in [6.07, 6.45) is 3.93. The van der Waals surface area contributed by atoms with E-state index in [0.717, 1.165) is 23.9 Å². The van der Waals surface area contributed by atoms with Crippen LogP contribution in [-0.4, -0.2) is 36.6 Å². The molecule has 1 heterocycles. The summed E-state index contributed by atoms with van der Waals surface area (Å²) in [5.41, 5.74) is 1.54. The molecule has 4 atom stereocenters. The van der Waals surface area contributed by atoms with Crippen LogP contribution in [0.5, 0.6) is 0 Å². The molecule has 2 heteroatoms. The third-order valence-electron chi connectivity index (χ3n) is 5.05. The molecule has 110 valence electrons. The summed E-state index contributed by atoms with van der Waals surface area (Å²) in [4.78, 5) is 2.74. The molecule has 1 aromatic carbocycles. The Bertz CT molecular complexity index is 417. The molecule has 0 spiro atoms. The van der Waals surface area contributed by atoms with Crippen molar-refractivity contribution in [3.05, 3.63) is 35.9 Å². The SMILES string of the molecule is CCCNC1CCN(C2CC2c2ccccc2)CC1C. The normalized spacial score (nSPS) is 34.1. The van der Waals surface area contributed by atoms with E-state index in [9.17, 15) is 0 Å². The van der Waals surface area contributed by atoms with Crippen LogP contribution in [0.1, 0.15) is 44.6 Å². The van der Waals surface area contributed by atoms with Gasteiger partial charge in [0.15, 0.2) is 0 Å². The van der Waals surface area contributed by atoms with Gasteiger partial charge in [0.2, 0.25) is 0 Å². The Labute approximate surface area is 123 Å². The molecule has 1 N–H and O–H groups in total. The van der Waals surface area contributed by atoms with Gasteiger partial charge in [0.1, 0.15) is 0 Å². The minimum Gasteiger partial charge on any atom is -0.314 e. The third kappa shape index (κ3) is 3.07.